The van der Waals surface area contributed by atoms with E-state index >= 15 is 0 Å². The lowest BCUT2D eigenvalue weighted by Gasteiger charge is -2.23. The van der Waals surface area contributed by atoms with Gasteiger partial charge in [-0.1, -0.05) is 12.1 Å². The average molecular weight is 371 g/mol. The molecule has 0 aliphatic carbocycles. The first-order valence-corrected chi connectivity index (χ1v) is 8.09. The summed E-state index contributed by atoms with van der Waals surface area (Å²) in [5.74, 6) is -0.912. The number of carbonyl (C=O) groups is 1. The molecule has 0 radical (unpaired) electrons. The van der Waals surface area contributed by atoms with Crippen molar-refractivity contribution in [3.8, 4) is 5.75 Å². The summed E-state index contributed by atoms with van der Waals surface area (Å²) < 4.78 is 71.0. The van der Waals surface area contributed by atoms with Crippen LogP contribution in [0.5, 0.6) is 5.75 Å². The number of nitrogens with one attached hydrogen (secondary N) is 1. The van der Waals surface area contributed by atoms with Crippen molar-refractivity contribution >= 4 is 16.0 Å². The molecule has 0 unspecified atom stereocenters. The Morgan fingerprint density at radius 3 is 2.25 bits per heavy atom. The molecule has 0 heterocycles. The van der Waals surface area contributed by atoms with E-state index in [4.69, 9.17) is 4.74 Å². The highest BCUT2D eigenvalue weighted by molar-refractivity contribution is 7.90. The number of ether oxygens (including phenoxy) is 2. The molecule has 1 aromatic rings. The number of hydrogen-bond acceptors (Lipinski definition) is 6. The molecule has 1 aromatic carbocycles. The maximum absolute atomic E-state index is 12.6. The Kier molecular flexibility index (Phi) is 6.58. The average Bonchev–Trinajstić information content (AvgIpc) is 2.51. The summed E-state index contributed by atoms with van der Waals surface area (Å²) in [6.07, 6.45) is -2.17. The van der Waals surface area contributed by atoms with Crippen LogP contribution in [-0.2, 0) is 19.6 Å². The first-order valence-electron chi connectivity index (χ1n) is 6.60. The van der Waals surface area contributed by atoms with Gasteiger partial charge in [-0.3, -0.25) is 0 Å². The minimum atomic E-state index is -5.80. The van der Waals surface area contributed by atoms with Crippen molar-refractivity contribution in [3.63, 3.8) is 0 Å². The molecule has 0 fully saturated rings. The van der Waals surface area contributed by atoms with Crippen molar-refractivity contribution in [1.82, 2.24) is 4.72 Å². The smallest absolute Gasteiger partial charge is 0.497 e. The van der Waals surface area contributed by atoms with Gasteiger partial charge in [0.25, 0.3) is 0 Å². The number of aliphatic hydroxyl groups is 1. The standard InChI is InChI=1S/C13H16F3NO6S/c1-3-23-12(19)11(18)10(17-24(20,21)13(14,15)16)8-4-6-9(22-2)7-5-8/h4-7,10-11,17-18H,3H2,1-2H3/t10-,11+/m0/s1. The van der Waals surface area contributed by atoms with Crippen LogP contribution in [0.25, 0.3) is 0 Å². The lowest BCUT2D eigenvalue weighted by molar-refractivity contribution is -0.154. The monoisotopic (exact) mass is 371 g/mol. The van der Waals surface area contributed by atoms with Crippen LogP contribution in [0.1, 0.15) is 18.5 Å². The minimum Gasteiger partial charge on any atom is -0.497 e. The molecular weight excluding hydrogens is 355 g/mol. The second-order valence-corrected chi connectivity index (χ2v) is 6.22. The summed E-state index contributed by atoms with van der Waals surface area (Å²) in [4.78, 5) is 11.6. The lowest BCUT2D eigenvalue weighted by atomic mass is 10.0. The van der Waals surface area contributed by atoms with E-state index in [2.05, 4.69) is 4.74 Å². The largest absolute Gasteiger partial charge is 0.511 e. The molecule has 0 amide bonds. The fraction of sp³-hybridized carbons (Fsp3) is 0.462. The van der Waals surface area contributed by atoms with Crippen molar-refractivity contribution < 1.29 is 41.0 Å². The number of sulfonamides is 1. The zero-order valence-electron chi connectivity index (χ0n) is 12.7. The first kappa shape index (κ1) is 20.2. The summed E-state index contributed by atoms with van der Waals surface area (Å²) in [5.41, 5.74) is -5.68. The van der Waals surface area contributed by atoms with E-state index in [-0.39, 0.29) is 12.2 Å². The van der Waals surface area contributed by atoms with Gasteiger partial charge in [-0.2, -0.15) is 17.9 Å². The number of aliphatic hydroxyl groups excluding tert-OH is 1. The Labute approximate surface area is 136 Å². The summed E-state index contributed by atoms with van der Waals surface area (Å²) in [6, 6.07) is 3.21. The third kappa shape index (κ3) is 4.82. The van der Waals surface area contributed by atoms with Gasteiger partial charge in [-0.25, -0.2) is 13.2 Å². The van der Waals surface area contributed by atoms with Crippen LogP contribution in [0, 0.1) is 0 Å². The molecule has 136 valence electrons. The zero-order chi connectivity index (χ0) is 18.5. The number of alkyl halides is 3. The lowest BCUT2D eigenvalue weighted by Crippen LogP contribution is -2.45. The molecular formula is C13H16F3NO6S. The molecule has 0 aliphatic rings. The molecule has 24 heavy (non-hydrogen) atoms. The molecule has 0 spiro atoms. The number of rotatable bonds is 7. The van der Waals surface area contributed by atoms with E-state index in [1.54, 1.807) is 0 Å². The Balaban J connectivity index is 3.23. The van der Waals surface area contributed by atoms with Crippen LogP contribution in [-0.4, -0.2) is 44.8 Å². The van der Waals surface area contributed by atoms with E-state index < -0.39 is 33.6 Å². The van der Waals surface area contributed by atoms with Crippen LogP contribution < -0.4 is 9.46 Å². The summed E-state index contributed by atoms with van der Waals surface area (Å²) in [5, 5.41) is 9.92. The van der Waals surface area contributed by atoms with Crippen LogP contribution in [0.4, 0.5) is 13.2 Å². The molecule has 0 saturated heterocycles. The Bertz CT molecular complexity index is 659. The molecule has 7 nitrogen and oxygen atoms in total. The number of benzene rings is 1. The molecule has 0 bridgehead atoms. The minimum absolute atomic E-state index is 0.0795. The van der Waals surface area contributed by atoms with Gasteiger partial charge in [0.2, 0.25) is 0 Å². The summed E-state index contributed by atoms with van der Waals surface area (Å²) >= 11 is 0. The molecule has 11 heteroatoms. The Hall–Kier alpha value is -1.85. The Morgan fingerprint density at radius 2 is 1.83 bits per heavy atom. The van der Waals surface area contributed by atoms with E-state index in [9.17, 15) is 31.5 Å². The fourth-order valence-corrected chi connectivity index (χ4v) is 2.46. The number of esters is 1. The topological polar surface area (TPSA) is 102 Å². The van der Waals surface area contributed by atoms with Crippen LogP contribution >= 0.6 is 0 Å². The first-order chi connectivity index (χ1) is 11.0. The second kappa shape index (κ2) is 7.81. The number of hydrogen-bond donors (Lipinski definition) is 2. The number of methoxy groups -OCH3 is 1. The van der Waals surface area contributed by atoms with Gasteiger partial charge in [0.15, 0.2) is 6.10 Å². The highest BCUT2D eigenvalue weighted by Gasteiger charge is 2.48. The molecule has 1 rings (SSSR count). The van der Waals surface area contributed by atoms with Gasteiger partial charge in [-0.15, -0.1) is 0 Å². The highest BCUT2D eigenvalue weighted by Crippen LogP contribution is 2.28. The van der Waals surface area contributed by atoms with Gasteiger partial charge >= 0.3 is 21.5 Å². The van der Waals surface area contributed by atoms with Gasteiger partial charge in [0.05, 0.1) is 19.8 Å². The second-order valence-electron chi connectivity index (χ2n) is 4.51. The van der Waals surface area contributed by atoms with Gasteiger partial charge < -0.3 is 14.6 Å². The highest BCUT2D eigenvalue weighted by atomic mass is 32.2. The number of halogens is 3. The third-order valence-electron chi connectivity index (χ3n) is 2.91. The van der Waals surface area contributed by atoms with Crippen LogP contribution in [0.3, 0.4) is 0 Å². The molecule has 2 atom stereocenters. The quantitative estimate of drug-likeness (QED) is 0.696. The van der Waals surface area contributed by atoms with E-state index in [0.29, 0.717) is 5.75 Å². The van der Waals surface area contributed by atoms with Crippen molar-refractivity contribution in [2.24, 2.45) is 0 Å². The van der Waals surface area contributed by atoms with E-state index in [1.165, 1.54) is 43.0 Å². The Morgan fingerprint density at radius 1 is 1.29 bits per heavy atom. The molecule has 0 aromatic heterocycles. The fourth-order valence-electron chi connectivity index (χ4n) is 1.72. The van der Waals surface area contributed by atoms with Crippen molar-refractivity contribution in [3.05, 3.63) is 29.8 Å². The maximum atomic E-state index is 12.6. The van der Waals surface area contributed by atoms with Gasteiger partial charge in [0, 0.05) is 0 Å². The third-order valence-corrected chi connectivity index (χ3v) is 4.08. The van der Waals surface area contributed by atoms with Gasteiger partial charge in [0.1, 0.15) is 5.75 Å². The predicted molar refractivity (Wildman–Crippen MR) is 76.5 cm³/mol. The van der Waals surface area contributed by atoms with Crippen molar-refractivity contribution in [2.75, 3.05) is 13.7 Å². The summed E-state index contributed by atoms with van der Waals surface area (Å²) in [6.45, 7) is 1.28. The molecule has 0 saturated carbocycles. The van der Waals surface area contributed by atoms with Crippen LogP contribution in [0.15, 0.2) is 24.3 Å². The van der Waals surface area contributed by atoms with Crippen LogP contribution in [0.2, 0.25) is 0 Å². The predicted octanol–water partition coefficient (Wildman–Crippen LogP) is 1.10. The number of carbonyl (C=O) groups excluding carboxylic acids is 1. The normalized spacial score (nSPS) is 14.8. The van der Waals surface area contributed by atoms with E-state index in [1.807, 2.05) is 0 Å². The molecule has 0 aliphatic heterocycles. The van der Waals surface area contributed by atoms with E-state index in [0.717, 1.165) is 0 Å². The zero-order valence-corrected chi connectivity index (χ0v) is 13.5. The van der Waals surface area contributed by atoms with Crippen molar-refractivity contribution in [1.29, 1.82) is 0 Å². The van der Waals surface area contributed by atoms with Gasteiger partial charge in [-0.05, 0) is 24.6 Å². The SMILES string of the molecule is CCOC(=O)[C@H](O)[C@@H](NS(=O)(=O)C(F)(F)F)c1ccc(OC)cc1. The molecule has 2 N–H and O–H groups in total. The summed E-state index contributed by atoms with van der Waals surface area (Å²) in [7, 11) is -4.45. The maximum Gasteiger partial charge on any atom is 0.511 e. The van der Waals surface area contributed by atoms with Crippen molar-refractivity contribution in [2.45, 2.75) is 24.6 Å².